The van der Waals surface area contributed by atoms with Gasteiger partial charge in [0.15, 0.2) is 0 Å². The van der Waals surface area contributed by atoms with Crippen LogP contribution >= 0.6 is 0 Å². The van der Waals surface area contributed by atoms with Crippen molar-refractivity contribution < 1.29 is 0 Å². The predicted octanol–water partition coefficient (Wildman–Crippen LogP) is -0.287. The molecule has 1 saturated heterocycles. The molecule has 2 bridgehead atoms. The van der Waals surface area contributed by atoms with Crippen LogP contribution in [0.2, 0.25) is 0 Å². The van der Waals surface area contributed by atoms with Crippen molar-refractivity contribution in [1.29, 1.82) is 0 Å². The van der Waals surface area contributed by atoms with Crippen LogP contribution in [0, 0.1) is 6.04 Å². The molecule has 1 aromatic rings. The van der Waals surface area contributed by atoms with Crippen molar-refractivity contribution in [3.63, 3.8) is 0 Å². The van der Waals surface area contributed by atoms with Crippen molar-refractivity contribution in [3.05, 3.63) is 17.9 Å². The number of imidazole rings is 1. The SMILES string of the molecule is c1[nH]c2nc1[C]1CNCCN12. The lowest BCUT2D eigenvalue weighted by molar-refractivity contribution is 0.598. The molecular formula is C7H9N4. The van der Waals surface area contributed by atoms with E-state index in [4.69, 9.17) is 0 Å². The van der Waals surface area contributed by atoms with Gasteiger partial charge in [-0.1, -0.05) is 0 Å². The normalized spacial score (nSPS) is 22.4. The van der Waals surface area contributed by atoms with E-state index >= 15 is 0 Å². The molecule has 11 heavy (non-hydrogen) atoms. The third-order valence-corrected chi connectivity index (χ3v) is 2.25. The van der Waals surface area contributed by atoms with Crippen molar-refractivity contribution >= 4 is 5.95 Å². The molecule has 0 aromatic carbocycles. The van der Waals surface area contributed by atoms with Crippen molar-refractivity contribution in [2.75, 3.05) is 24.5 Å². The highest BCUT2D eigenvalue weighted by molar-refractivity contribution is 5.53. The minimum Gasteiger partial charge on any atom is -0.331 e. The Kier molecular flexibility index (Phi) is 0.898. The summed E-state index contributed by atoms with van der Waals surface area (Å²) in [6, 6.07) is 1.32. The average molecular weight is 149 g/mol. The van der Waals surface area contributed by atoms with E-state index in [9.17, 15) is 0 Å². The molecule has 4 heteroatoms. The van der Waals surface area contributed by atoms with Crippen LogP contribution in [0.25, 0.3) is 0 Å². The van der Waals surface area contributed by atoms with Gasteiger partial charge in [0.25, 0.3) is 0 Å². The number of H-pyrrole nitrogens is 1. The first-order chi connectivity index (χ1) is 5.45. The summed E-state index contributed by atoms with van der Waals surface area (Å²) in [4.78, 5) is 9.72. The number of fused-ring (bicyclic) bond motifs is 5. The second kappa shape index (κ2) is 1.76. The van der Waals surface area contributed by atoms with E-state index in [1.807, 2.05) is 6.20 Å². The first-order valence-corrected chi connectivity index (χ1v) is 3.85. The maximum atomic E-state index is 4.36. The molecule has 1 fully saturated rings. The van der Waals surface area contributed by atoms with Crippen LogP contribution in [-0.2, 0) is 0 Å². The smallest absolute Gasteiger partial charge is 0.204 e. The Balaban J connectivity index is 2.04. The van der Waals surface area contributed by atoms with Crippen LogP contribution in [-0.4, -0.2) is 29.6 Å². The molecule has 0 saturated carbocycles. The molecule has 0 atom stereocenters. The Morgan fingerprint density at radius 3 is 3.45 bits per heavy atom. The van der Waals surface area contributed by atoms with E-state index in [1.54, 1.807) is 0 Å². The maximum Gasteiger partial charge on any atom is 0.204 e. The molecule has 2 aliphatic heterocycles. The summed E-state index contributed by atoms with van der Waals surface area (Å²) in [6.07, 6.45) is 1.97. The fraction of sp³-hybridized carbons (Fsp3) is 0.429. The van der Waals surface area contributed by atoms with E-state index in [0.29, 0.717) is 0 Å². The predicted molar refractivity (Wildman–Crippen MR) is 41.1 cm³/mol. The molecule has 0 unspecified atom stereocenters. The van der Waals surface area contributed by atoms with Gasteiger partial charge in [-0.05, 0) is 0 Å². The fourth-order valence-corrected chi connectivity index (χ4v) is 1.69. The number of piperazine rings is 1. The Labute approximate surface area is 64.6 Å². The van der Waals surface area contributed by atoms with Crippen molar-refractivity contribution in [2.45, 2.75) is 0 Å². The highest BCUT2D eigenvalue weighted by Crippen LogP contribution is 2.31. The minimum atomic E-state index is 0.959. The zero-order valence-corrected chi connectivity index (χ0v) is 6.09. The van der Waals surface area contributed by atoms with Crippen molar-refractivity contribution in [3.8, 4) is 0 Å². The molecule has 2 aliphatic rings. The van der Waals surface area contributed by atoms with Gasteiger partial charge in [0, 0.05) is 25.8 Å². The van der Waals surface area contributed by atoms with Crippen LogP contribution in [0.15, 0.2) is 6.20 Å². The topological polar surface area (TPSA) is 44.0 Å². The van der Waals surface area contributed by atoms with Crippen LogP contribution in [0.5, 0.6) is 0 Å². The first kappa shape index (κ1) is 5.60. The summed E-state index contributed by atoms with van der Waals surface area (Å²) in [5.74, 6) is 1.01. The van der Waals surface area contributed by atoms with E-state index in [2.05, 4.69) is 20.2 Å². The lowest BCUT2D eigenvalue weighted by atomic mass is 10.1. The number of aromatic amines is 1. The lowest BCUT2D eigenvalue weighted by Gasteiger charge is -2.31. The highest BCUT2D eigenvalue weighted by Gasteiger charge is 2.34. The molecule has 1 aromatic heterocycles. The van der Waals surface area contributed by atoms with Gasteiger partial charge in [-0.3, -0.25) is 0 Å². The van der Waals surface area contributed by atoms with Gasteiger partial charge < -0.3 is 15.2 Å². The summed E-state index contributed by atoms with van der Waals surface area (Å²) in [7, 11) is 0. The maximum absolute atomic E-state index is 4.36. The van der Waals surface area contributed by atoms with Crippen molar-refractivity contribution in [1.82, 2.24) is 15.3 Å². The summed E-state index contributed by atoms with van der Waals surface area (Å²) in [6.45, 7) is 3.05. The Morgan fingerprint density at radius 1 is 1.55 bits per heavy atom. The third-order valence-electron chi connectivity index (χ3n) is 2.25. The van der Waals surface area contributed by atoms with E-state index < -0.39 is 0 Å². The molecule has 0 aliphatic carbocycles. The molecular weight excluding hydrogens is 140 g/mol. The van der Waals surface area contributed by atoms with E-state index in [-0.39, 0.29) is 0 Å². The number of anilines is 1. The number of aromatic nitrogens is 2. The third kappa shape index (κ3) is 0.599. The fourth-order valence-electron chi connectivity index (χ4n) is 1.69. The van der Waals surface area contributed by atoms with Gasteiger partial charge in [-0.25, -0.2) is 4.98 Å². The number of nitrogens with zero attached hydrogens (tertiary/aromatic N) is 2. The van der Waals surface area contributed by atoms with Gasteiger partial charge in [-0.15, -0.1) is 0 Å². The first-order valence-electron chi connectivity index (χ1n) is 3.85. The number of nitrogens with one attached hydrogen (secondary N) is 2. The van der Waals surface area contributed by atoms with Gasteiger partial charge in [0.2, 0.25) is 5.95 Å². The summed E-state index contributed by atoms with van der Waals surface area (Å²) >= 11 is 0. The summed E-state index contributed by atoms with van der Waals surface area (Å²) < 4.78 is 0. The van der Waals surface area contributed by atoms with Crippen LogP contribution < -0.4 is 10.2 Å². The standard InChI is InChI=1S/C7H9N4/c1-2-11-6(4-8-1)5-3-9-7(11)10-5/h3,8H,1-2,4H2,(H,9,10). The van der Waals surface area contributed by atoms with Gasteiger partial charge in [0.05, 0.1) is 5.69 Å². The average Bonchev–Trinajstić information content (AvgIpc) is 2.64. The molecule has 2 N–H and O–H groups in total. The second-order valence-corrected chi connectivity index (χ2v) is 2.88. The largest absolute Gasteiger partial charge is 0.331 e. The Hall–Kier alpha value is -1.03. The quantitative estimate of drug-likeness (QED) is 0.533. The van der Waals surface area contributed by atoms with Crippen LogP contribution in [0.4, 0.5) is 5.95 Å². The minimum absolute atomic E-state index is 0.959. The number of hydrogen-bond donors (Lipinski definition) is 2. The summed E-state index contributed by atoms with van der Waals surface area (Å²) in [5, 5.41) is 3.32. The molecule has 0 amide bonds. The van der Waals surface area contributed by atoms with Crippen LogP contribution in [0.3, 0.4) is 0 Å². The van der Waals surface area contributed by atoms with Crippen molar-refractivity contribution in [2.24, 2.45) is 0 Å². The molecule has 0 spiro atoms. The lowest BCUT2D eigenvalue weighted by Crippen LogP contribution is -2.45. The number of hydrogen-bond acceptors (Lipinski definition) is 3. The molecule has 57 valence electrons. The molecule has 4 nitrogen and oxygen atoms in total. The monoisotopic (exact) mass is 149 g/mol. The molecule has 3 rings (SSSR count). The zero-order valence-electron chi connectivity index (χ0n) is 6.09. The van der Waals surface area contributed by atoms with Crippen LogP contribution in [0.1, 0.15) is 5.69 Å². The van der Waals surface area contributed by atoms with Gasteiger partial charge >= 0.3 is 0 Å². The Bertz CT molecular complexity index is 253. The molecule has 3 heterocycles. The second-order valence-electron chi connectivity index (χ2n) is 2.88. The number of rotatable bonds is 0. The summed E-state index contributed by atoms with van der Waals surface area (Å²) in [5.41, 5.74) is 1.10. The van der Waals surface area contributed by atoms with Gasteiger partial charge in [0.1, 0.15) is 6.04 Å². The highest BCUT2D eigenvalue weighted by atomic mass is 15.4. The van der Waals surface area contributed by atoms with E-state index in [1.165, 1.54) is 6.04 Å². The van der Waals surface area contributed by atoms with Gasteiger partial charge in [-0.2, -0.15) is 0 Å². The zero-order chi connectivity index (χ0) is 7.26. The molecule has 1 radical (unpaired) electrons. The Morgan fingerprint density at radius 2 is 2.55 bits per heavy atom. The van der Waals surface area contributed by atoms with E-state index in [0.717, 1.165) is 31.3 Å².